The number of carbonyl (C=O) groups excluding carboxylic acids is 1. The van der Waals surface area contributed by atoms with Gasteiger partial charge in [-0.25, -0.2) is 9.37 Å². The van der Waals surface area contributed by atoms with Gasteiger partial charge in [0.1, 0.15) is 11.4 Å². The lowest BCUT2D eigenvalue weighted by molar-refractivity contribution is -0.138. The van der Waals surface area contributed by atoms with E-state index in [4.69, 9.17) is 10.5 Å². The Morgan fingerprint density at radius 3 is 2.88 bits per heavy atom. The van der Waals surface area contributed by atoms with Gasteiger partial charge in [0.15, 0.2) is 11.6 Å². The lowest BCUT2D eigenvalue weighted by Gasteiger charge is -2.41. The van der Waals surface area contributed by atoms with Crippen LogP contribution >= 0.6 is 0 Å². The predicted octanol–water partition coefficient (Wildman–Crippen LogP) is 2.98. The Labute approximate surface area is 186 Å². The van der Waals surface area contributed by atoms with Crippen LogP contribution in [0, 0.1) is 12.7 Å². The molecule has 1 saturated carbocycles. The number of fused-ring (bicyclic) bond motifs is 1. The number of amides is 1. The molecule has 7 nitrogen and oxygen atoms in total. The van der Waals surface area contributed by atoms with Gasteiger partial charge in [-0.3, -0.25) is 4.79 Å². The van der Waals surface area contributed by atoms with Crippen LogP contribution in [0.2, 0.25) is 0 Å². The van der Waals surface area contributed by atoms with Crippen molar-refractivity contribution in [3.05, 3.63) is 53.6 Å². The summed E-state index contributed by atoms with van der Waals surface area (Å²) in [7, 11) is 2.09. The molecule has 32 heavy (non-hydrogen) atoms. The number of aromatic nitrogens is 2. The number of H-pyrrole nitrogens is 1. The average Bonchev–Trinajstić information content (AvgIpc) is 3.41. The number of aromatic amines is 1. The number of nitrogens with zero attached hydrogens (tertiary/aromatic N) is 3. The quantitative estimate of drug-likeness (QED) is 0.641. The molecule has 1 aliphatic heterocycles. The number of benzene rings is 1. The second-order valence-electron chi connectivity index (χ2n) is 9.13. The zero-order valence-corrected chi connectivity index (χ0v) is 18.4. The number of likely N-dealkylation sites (N-methyl/N-ethyl adjacent to an activating group) is 1. The summed E-state index contributed by atoms with van der Waals surface area (Å²) in [6.07, 6.45) is 5.80. The summed E-state index contributed by atoms with van der Waals surface area (Å²) in [5, 5.41) is 0.824. The highest BCUT2D eigenvalue weighted by atomic mass is 19.1. The van der Waals surface area contributed by atoms with Crippen molar-refractivity contribution < 1.29 is 13.9 Å². The number of rotatable bonds is 5. The number of hydrogen-bond donors (Lipinski definition) is 2. The first-order valence-corrected chi connectivity index (χ1v) is 11.0. The van der Waals surface area contributed by atoms with Crippen LogP contribution in [-0.4, -0.2) is 63.9 Å². The topological polar surface area (TPSA) is 87.5 Å². The van der Waals surface area contributed by atoms with Crippen LogP contribution in [0.1, 0.15) is 24.0 Å². The monoisotopic (exact) mass is 437 g/mol. The standard InChI is InChI=1S/C24H28FN5O2/c1-15-13-28-22-21(15)20(5-8-27-22)32-19-4-3-16(11-17(19)25)12-18(26)23(31)30-10-9-29(2)14-24(30)6-7-24/h3-5,8,11,13,18H,6-7,9-10,12,14,26H2,1-2H3,(H,27,28). The lowest BCUT2D eigenvalue weighted by atomic mass is 10.0. The van der Waals surface area contributed by atoms with Gasteiger partial charge in [-0.15, -0.1) is 0 Å². The van der Waals surface area contributed by atoms with E-state index in [-0.39, 0.29) is 23.6 Å². The van der Waals surface area contributed by atoms with Crippen LogP contribution < -0.4 is 10.5 Å². The molecule has 5 rings (SSSR count). The fourth-order valence-corrected chi connectivity index (χ4v) is 4.77. The Balaban J connectivity index is 1.29. The highest BCUT2D eigenvalue weighted by Crippen LogP contribution is 2.44. The molecule has 3 heterocycles. The number of ether oxygens (including phenoxy) is 1. The molecule has 1 atom stereocenters. The predicted molar refractivity (Wildman–Crippen MR) is 120 cm³/mol. The van der Waals surface area contributed by atoms with Gasteiger partial charge in [0, 0.05) is 32.0 Å². The molecule has 2 aliphatic rings. The summed E-state index contributed by atoms with van der Waals surface area (Å²) in [5.74, 6) is 0.131. The first-order valence-electron chi connectivity index (χ1n) is 11.0. The van der Waals surface area contributed by atoms with E-state index in [2.05, 4.69) is 21.9 Å². The Morgan fingerprint density at radius 2 is 2.12 bits per heavy atom. The third kappa shape index (κ3) is 3.73. The molecule has 1 aromatic carbocycles. The molecule has 1 unspecified atom stereocenters. The SMILES string of the molecule is Cc1c[nH]c2nccc(Oc3ccc(CC(N)C(=O)N4CCN(C)CC45CC5)cc3F)c12. The van der Waals surface area contributed by atoms with Crippen LogP contribution in [0.3, 0.4) is 0 Å². The number of hydrogen-bond acceptors (Lipinski definition) is 5. The van der Waals surface area contributed by atoms with Crippen LogP contribution in [0.4, 0.5) is 4.39 Å². The molecule has 1 amide bonds. The fourth-order valence-electron chi connectivity index (χ4n) is 4.77. The van der Waals surface area contributed by atoms with E-state index in [1.165, 1.54) is 6.07 Å². The maximum atomic E-state index is 14.9. The smallest absolute Gasteiger partial charge is 0.240 e. The summed E-state index contributed by atoms with van der Waals surface area (Å²) in [6, 6.07) is 5.79. The molecule has 8 heteroatoms. The number of halogens is 1. The van der Waals surface area contributed by atoms with Crippen LogP contribution in [0.15, 0.2) is 36.7 Å². The van der Waals surface area contributed by atoms with Crippen molar-refractivity contribution >= 4 is 16.9 Å². The van der Waals surface area contributed by atoms with Crippen LogP contribution in [0.5, 0.6) is 11.5 Å². The highest BCUT2D eigenvalue weighted by molar-refractivity contribution is 5.86. The minimum Gasteiger partial charge on any atom is -0.453 e. The lowest BCUT2D eigenvalue weighted by Crippen LogP contribution is -2.59. The number of pyridine rings is 1. The van der Waals surface area contributed by atoms with E-state index in [0.29, 0.717) is 23.5 Å². The first-order chi connectivity index (χ1) is 15.4. The second kappa shape index (κ2) is 7.86. The molecular weight excluding hydrogens is 409 g/mol. The van der Waals surface area contributed by atoms with Crippen molar-refractivity contribution in [3.8, 4) is 11.5 Å². The molecule has 1 spiro atoms. The number of nitrogens with two attached hydrogens (primary N) is 1. The van der Waals surface area contributed by atoms with Crippen molar-refractivity contribution in [2.75, 3.05) is 26.7 Å². The van der Waals surface area contributed by atoms with E-state index in [0.717, 1.165) is 36.9 Å². The maximum absolute atomic E-state index is 14.9. The van der Waals surface area contributed by atoms with Crippen LogP contribution in [0.25, 0.3) is 11.0 Å². The normalized spacial score (nSPS) is 18.8. The molecule has 168 valence electrons. The van der Waals surface area contributed by atoms with E-state index in [9.17, 15) is 9.18 Å². The Morgan fingerprint density at radius 1 is 1.31 bits per heavy atom. The van der Waals surface area contributed by atoms with Gasteiger partial charge in [0.05, 0.1) is 17.0 Å². The molecule has 0 radical (unpaired) electrons. The van der Waals surface area contributed by atoms with Gasteiger partial charge in [-0.1, -0.05) is 6.07 Å². The zero-order valence-electron chi connectivity index (χ0n) is 18.4. The molecule has 0 bridgehead atoms. The van der Waals surface area contributed by atoms with Crippen molar-refractivity contribution in [2.45, 2.75) is 37.8 Å². The number of nitrogens with one attached hydrogen (secondary N) is 1. The average molecular weight is 438 g/mol. The van der Waals surface area contributed by atoms with Gasteiger partial charge in [-0.2, -0.15) is 0 Å². The molecule has 1 aliphatic carbocycles. The number of aryl methyl sites for hydroxylation is 1. The summed E-state index contributed by atoms with van der Waals surface area (Å²) >= 11 is 0. The van der Waals surface area contributed by atoms with E-state index >= 15 is 0 Å². The minimum atomic E-state index is -0.690. The summed E-state index contributed by atoms with van der Waals surface area (Å²) in [4.78, 5) is 24.6. The number of carbonyl (C=O) groups is 1. The molecular formula is C24H28FN5O2. The zero-order chi connectivity index (χ0) is 22.5. The van der Waals surface area contributed by atoms with E-state index in [1.54, 1.807) is 24.4 Å². The van der Waals surface area contributed by atoms with Gasteiger partial charge < -0.3 is 25.3 Å². The number of piperazine rings is 1. The molecule has 2 aromatic heterocycles. The largest absolute Gasteiger partial charge is 0.453 e. The van der Waals surface area contributed by atoms with Gasteiger partial charge >= 0.3 is 0 Å². The van der Waals surface area contributed by atoms with Crippen molar-refractivity contribution in [1.82, 2.24) is 19.8 Å². The third-order valence-electron chi connectivity index (χ3n) is 6.66. The van der Waals surface area contributed by atoms with Crippen molar-refractivity contribution in [2.24, 2.45) is 5.73 Å². The summed E-state index contributed by atoms with van der Waals surface area (Å²) < 4.78 is 20.7. The fraction of sp³-hybridized carbons (Fsp3) is 0.417. The van der Waals surface area contributed by atoms with Crippen LogP contribution in [-0.2, 0) is 11.2 Å². The summed E-state index contributed by atoms with van der Waals surface area (Å²) in [6.45, 7) is 4.39. The first kappa shape index (κ1) is 20.9. The Bertz CT molecular complexity index is 1170. The summed E-state index contributed by atoms with van der Waals surface area (Å²) in [5.41, 5.74) is 8.57. The molecule has 1 saturated heterocycles. The van der Waals surface area contributed by atoms with E-state index in [1.807, 2.05) is 18.0 Å². The third-order valence-corrected chi connectivity index (χ3v) is 6.66. The van der Waals surface area contributed by atoms with Crippen molar-refractivity contribution in [1.29, 1.82) is 0 Å². The van der Waals surface area contributed by atoms with Gasteiger partial charge in [-0.05, 0) is 62.6 Å². The minimum absolute atomic E-state index is 0.0431. The van der Waals surface area contributed by atoms with E-state index < -0.39 is 11.9 Å². The molecule has 2 fully saturated rings. The molecule has 3 N–H and O–H groups in total. The Kier molecular flexibility index (Phi) is 5.14. The molecule has 3 aromatic rings. The van der Waals surface area contributed by atoms with Gasteiger partial charge in [0.2, 0.25) is 5.91 Å². The highest BCUT2D eigenvalue weighted by Gasteiger charge is 2.53. The second-order valence-corrected chi connectivity index (χ2v) is 9.13. The Hall–Kier alpha value is -2.97. The van der Waals surface area contributed by atoms with Crippen molar-refractivity contribution in [3.63, 3.8) is 0 Å². The maximum Gasteiger partial charge on any atom is 0.240 e. The van der Waals surface area contributed by atoms with Gasteiger partial charge in [0.25, 0.3) is 0 Å².